The number of aryl methyl sites for hydroxylation is 2. The predicted molar refractivity (Wildman–Crippen MR) is 117 cm³/mol. The molecule has 1 aromatic heterocycles. The van der Waals surface area contributed by atoms with Crippen LogP contribution in [-0.2, 0) is 6.42 Å². The zero-order valence-corrected chi connectivity index (χ0v) is 17.0. The van der Waals surface area contributed by atoms with Gasteiger partial charge in [-0.3, -0.25) is 0 Å². The van der Waals surface area contributed by atoms with Gasteiger partial charge in [0.1, 0.15) is 0 Å². The lowest BCUT2D eigenvalue weighted by Gasteiger charge is -2.22. The van der Waals surface area contributed by atoms with Crippen LogP contribution in [0, 0.1) is 6.92 Å². The predicted octanol–water partition coefficient (Wildman–Crippen LogP) is 5.08. The van der Waals surface area contributed by atoms with Crippen molar-refractivity contribution in [2.75, 3.05) is 28.6 Å². The highest BCUT2D eigenvalue weighted by atomic mass is 15.3. The summed E-state index contributed by atoms with van der Waals surface area (Å²) in [6.07, 6.45) is 2.57. The van der Waals surface area contributed by atoms with E-state index in [1.807, 2.05) is 18.2 Å². The largest absolute Gasteiger partial charge is 0.372 e. The molecule has 0 amide bonds. The zero-order valence-electron chi connectivity index (χ0n) is 17.0. The van der Waals surface area contributed by atoms with E-state index in [2.05, 4.69) is 82.7 Å². The molecule has 3 rings (SSSR count). The smallest absolute Gasteiger partial charge is 0.249 e. The van der Waals surface area contributed by atoms with E-state index in [1.54, 1.807) is 6.20 Å². The Morgan fingerprint density at radius 2 is 1.71 bits per heavy atom. The molecule has 146 valence electrons. The second-order valence-corrected chi connectivity index (χ2v) is 6.60. The third-order valence-electron chi connectivity index (χ3n) is 4.80. The number of rotatable bonds is 8. The molecular weight excluding hydrogens is 348 g/mol. The number of nitrogens with zero attached hydrogens (tertiary/aromatic N) is 4. The summed E-state index contributed by atoms with van der Waals surface area (Å²) in [7, 11) is 0. The lowest BCUT2D eigenvalue weighted by molar-refractivity contribution is 0.866. The van der Waals surface area contributed by atoms with Crippen molar-refractivity contribution in [2.24, 2.45) is 0 Å². The number of benzene rings is 2. The van der Waals surface area contributed by atoms with Gasteiger partial charge >= 0.3 is 0 Å². The van der Waals surface area contributed by atoms with Crippen molar-refractivity contribution < 1.29 is 0 Å². The van der Waals surface area contributed by atoms with Gasteiger partial charge in [-0.15, -0.1) is 5.10 Å². The van der Waals surface area contributed by atoms with Crippen molar-refractivity contribution >= 4 is 28.8 Å². The number of hydrogen-bond acceptors (Lipinski definition) is 6. The van der Waals surface area contributed by atoms with E-state index >= 15 is 0 Å². The van der Waals surface area contributed by atoms with E-state index in [4.69, 9.17) is 0 Å². The SMILES string of the molecule is CCc1ccccc1Nc1nncc(Nc2ccc(N(CC)CC)cc2C)n1. The highest BCUT2D eigenvalue weighted by Crippen LogP contribution is 2.25. The van der Waals surface area contributed by atoms with Crippen molar-refractivity contribution in [1.29, 1.82) is 0 Å². The molecule has 0 fully saturated rings. The fraction of sp³-hybridized carbons (Fsp3) is 0.318. The molecule has 6 heteroatoms. The maximum Gasteiger partial charge on any atom is 0.249 e. The first-order valence-electron chi connectivity index (χ1n) is 9.81. The molecular formula is C22H28N6. The highest BCUT2D eigenvalue weighted by molar-refractivity contribution is 5.66. The molecule has 0 aliphatic rings. The Bertz CT molecular complexity index is 920. The van der Waals surface area contributed by atoms with Crippen molar-refractivity contribution in [3.05, 3.63) is 59.8 Å². The number of aromatic nitrogens is 3. The van der Waals surface area contributed by atoms with Gasteiger partial charge in [-0.25, -0.2) is 0 Å². The third-order valence-corrected chi connectivity index (χ3v) is 4.80. The Morgan fingerprint density at radius 1 is 0.929 bits per heavy atom. The molecule has 0 spiro atoms. The Labute approximate surface area is 167 Å². The summed E-state index contributed by atoms with van der Waals surface area (Å²) in [5.74, 6) is 1.13. The number of nitrogens with one attached hydrogen (secondary N) is 2. The monoisotopic (exact) mass is 376 g/mol. The summed E-state index contributed by atoms with van der Waals surface area (Å²) in [6.45, 7) is 10.5. The van der Waals surface area contributed by atoms with Crippen LogP contribution in [0.25, 0.3) is 0 Å². The van der Waals surface area contributed by atoms with Crippen LogP contribution in [0.5, 0.6) is 0 Å². The zero-order chi connectivity index (χ0) is 19.9. The molecule has 3 aromatic rings. The van der Waals surface area contributed by atoms with Gasteiger partial charge in [-0.05, 0) is 62.6 Å². The van der Waals surface area contributed by atoms with Crippen molar-refractivity contribution in [3.8, 4) is 0 Å². The third kappa shape index (κ3) is 4.57. The fourth-order valence-corrected chi connectivity index (χ4v) is 3.20. The normalized spacial score (nSPS) is 10.6. The Morgan fingerprint density at radius 3 is 2.43 bits per heavy atom. The first-order chi connectivity index (χ1) is 13.6. The molecule has 2 N–H and O–H groups in total. The summed E-state index contributed by atoms with van der Waals surface area (Å²) in [6, 6.07) is 14.6. The molecule has 0 bridgehead atoms. The van der Waals surface area contributed by atoms with Crippen LogP contribution in [-0.4, -0.2) is 28.3 Å². The van der Waals surface area contributed by atoms with Crippen LogP contribution in [0.1, 0.15) is 31.9 Å². The van der Waals surface area contributed by atoms with Gasteiger partial charge in [0.05, 0.1) is 6.20 Å². The van der Waals surface area contributed by atoms with E-state index < -0.39 is 0 Å². The van der Waals surface area contributed by atoms with E-state index in [0.717, 1.165) is 36.4 Å². The molecule has 0 unspecified atom stereocenters. The molecule has 2 aromatic carbocycles. The van der Waals surface area contributed by atoms with Gasteiger partial charge in [0.2, 0.25) is 5.95 Å². The maximum atomic E-state index is 4.56. The first-order valence-corrected chi connectivity index (χ1v) is 9.81. The van der Waals surface area contributed by atoms with Crippen molar-refractivity contribution in [3.63, 3.8) is 0 Å². The van der Waals surface area contributed by atoms with Crippen LogP contribution in [0.2, 0.25) is 0 Å². The Hall–Kier alpha value is -3.15. The van der Waals surface area contributed by atoms with E-state index in [9.17, 15) is 0 Å². The average molecular weight is 377 g/mol. The summed E-state index contributed by atoms with van der Waals surface area (Å²) in [5.41, 5.74) is 5.62. The van der Waals surface area contributed by atoms with Crippen LogP contribution < -0.4 is 15.5 Å². The number of anilines is 5. The van der Waals surface area contributed by atoms with Crippen LogP contribution in [0.3, 0.4) is 0 Å². The van der Waals surface area contributed by atoms with Gasteiger partial charge in [-0.2, -0.15) is 10.1 Å². The molecule has 0 saturated heterocycles. The minimum Gasteiger partial charge on any atom is -0.372 e. The quantitative estimate of drug-likeness (QED) is 0.572. The Balaban J connectivity index is 1.78. The molecule has 1 heterocycles. The maximum absolute atomic E-state index is 4.56. The van der Waals surface area contributed by atoms with E-state index in [-0.39, 0.29) is 0 Å². The minimum absolute atomic E-state index is 0.475. The average Bonchev–Trinajstić information content (AvgIpc) is 2.71. The standard InChI is InChI=1S/C22H28N6/c1-5-17-10-8-9-11-20(17)25-22-26-21(15-23-27-22)24-19-13-12-18(14-16(19)4)28(6-2)7-3/h8-15H,5-7H2,1-4H3,(H2,24,25,26,27). The molecule has 6 nitrogen and oxygen atoms in total. The topological polar surface area (TPSA) is 66.0 Å². The van der Waals surface area contributed by atoms with Gasteiger partial charge in [0.15, 0.2) is 5.82 Å². The minimum atomic E-state index is 0.475. The summed E-state index contributed by atoms with van der Waals surface area (Å²) < 4.78 is 0. The van der Waals surface area contributed by atoms with Gasteiger partial charge in [0, 0.05) is 30.2 Å². The molecule has 0 aliphatic carbocycles. The van der Waals surface area contributed by atoms with Gasteiger partial charge < -0.3 is 15.5 Å². The lowest BCUT2D eigenvalue weighted by atomic mass is 10.1. The van der Waals surface area contributed by atoms with Crippen molar-refractivity contribution in [2.45, 2.75) is 34.1 Å². The van der Waals surface area contributed by atoms with Crippen molar-refractivity contribution in [1.82, 2.24) is 15.2 Å². The van der Waals surface area contributed by atoms with Gasteiger partial charge in [0.25, 0.3) is 0 Å². The van der Waals surface area contributed by atoms with Crippen LogP contribution in [0.4, 0.5) is 28.8 Å². The molecule has 0 saturated carbocycles. The molecule has 0 atom stereocenters. The number of para-hydroxylation sites is 1. The Kier molecular flexibility index (Phi) is 6.42. The molecule has 0 radical (unpaired) electrons. The molecule has 28 heavy (non-hydrogen) atoms. The van der Waals surface area contributed by atoms with Crippen LogP contribution >= 0.6 is 0 Å². The van der Waals surface area contributed by atoms with E-state index in [1.165, 1.54) is 11.3 Å². The van der Waals surface area contributed by atoms with Gasteiger partial charge in [-0.1, -0.05) is 25.1 Å². The number of hydrogen-bond donors (Lipinski definition) is 2. The molecule has 0 aliphatic heterocycles. The fourth-order valence-electron chi connectivity index (χ4n) is 3.20. The first kappa shape index (κ1) is 19.6. The van der Waals surface area contributed by atoms with Crippen LogP contribution in [0.15, 0.2) is 48.7 Å². The second-order valence-electron chi connectivity index (χ2n) is 6.60. The summed E-state index contributed by atoms with van der Waals surface area (Å²) >= 11 is 0. The lowest BCUT2D eigenvalue weighted by Crippen LogP contribution is -2.21. The summed E-state index contributed by atoms with van der Waals surface area (Å²) in [4.78, 5) is 6.89. The summed E-state index contributed by atoms with van der Waals surface area (Å²) in [5, 5.41) is 14.8. The second kappa shape index (κ2) is 9.17. The highest BCUT2D eigenvalue weighted by Gasteiger charge is 2.08. The van der Waals surface area contributed by atoms with E-state index in [0.29, 0.717) is 11.8 Å².